The third-order valence-electron chi connectivity index (χ3n) is 4.44. The van der Waals surface area contributed by atoms with E-state index in [0.717, 1.165) is 18.2 Å². The van der Waals surface area contributed by atoms with Crippen molar-refractivity contribution < 1.29 is 57.4 Å². The first-order valence-corrected chi connectivity index (χ1v) is 11.6. The molecule has 0 saturated heterocycles. The van der Waals surface area contributed by atoms with Gasteiger partial charge in [0.2, 0.25) is 0 Å². The Balaban J connectivity index is 2.27. The highest BCUT2D eigenvalue weighted by Gasteiger charge is 2.37. The maximum atomic E-state index is 13.0. The van der Waals surface area contributed by atoms with E-state index < -0.39 is 70.6 Å². The number of hydrogen-bond donors (Lipinski definition) is 3. The molecule has 0 fully saturated rings. The first-order valence-electron chi connectivity index (χ1n) is 8.74. The number of benzene rings is 3. The fourth-order valence-electron chi connectivity index (χ4n) is 2.89. The molecule has 0 aliphatic carbocycles. The second-order valence-electron chi connectivity index (χ2n) is 6.87. The highest BCUT2D eigenvalue weighted by molar-refractivity contribution is 7.86. The molecule has 0 unspecified atom stereocenters. The smallest absolute Gasteiger partial charge is 0.416 e. The maximum absolute atomic E-state index is 13.0. The number of azo groups is 1. The van der Waals surface area contributed by atoms with Crippen LogP contribution in [0.5, 0.6) is 5.75 Å². The minimum Gasteiger partial charge on any atom is -0.505 e. The highest BCUT2D eigenvalue weighted by Crippen LogP contribution is 2.43. The summed E-state index contributed by atoms with van der Waals surface area (Å²) in [7, 11) is -10.0. The third-order valence-corrected chi connectivity index (χ3v) is 6.15. The van der Waals surface area contributed by atoms with Crippen molar-refractivity contribution in [1.29, 1.82) is 0 Å². The summed E-state index contributed by atoms with van der Waals surface area (Å²) in [5.74, 6) is -1.07. The number of phenolic OH excluding ortho intramolecular Hbond substituents is 1. The number of alkyl halides is 6. The zero-order chi connectivity index (χ0) is 26.6. The topological polar surface area (TPSA) is 154 Å². The lowest BCUT2D eigenvalue weighted by Crippen LogP contribution is -2.10. The number of rotatable bonds is 4. The summed E-state index contributed by atoms with van der Waals surface area (Å²) in [5, 5.41) is 16.2. The van der Waals surface area contributed by atoms with Crippen LogP contribution < -0.4 is 0 Å². The van der Waals surface area contributed by atoms with Gasteiger partial charge in [0.05, 0.1) is 21.7 Å². The molecule has 3 aromatic carbocycles. The van der Waals surface area contributed by atoms with E-state index in [-0.39, 0.29) is 29.0 Å². The van der Waals surface area contributed by atoms with Crippen molar-refractivity contribution in [3.63, 3.8) is 0 Å². The molecular formula is C18H10F6N2O7S2. The van der Waals surface area contributed by atoms with Crippen LogP contribution in [0.1, 0.15) is 11.1 Å². The summed E-state index contributed by atoms with van der Waals surface area (Å²) in [6.45, 7) is 0. The van der Waals surface area contributed by atoms with Crippen LogP contribution in [0.2, 0.25) is 0 Å². The molecule has 0 saturated carbocycles. The van der Waals surface area contributed by atoms with Gasteiger partial charge in [0, 0.05) is 5.39 Å². The summed E-state index contributed by atoms with van der Waals surface area (Å²) < 4.78 is 143. The molecular weight excluding hydrogens is 534 g/mol. The standard InChI is InChI=1S/C18H10F6N2O7S2/c19-17(20,21)9-5-10(18(22,23)24)7-11(6-9)25-26-15-14(35(31,32)33)4-8-3-12(34(28,29)30)1-2-13(8)16(15)27/h1-7,27H,(H,28,29,30)(H,31,32,33). The molecule has 0 aliphatic heterocycles. The molecule has 0 radical (unpaired) electrons. The molecule has 17 heteroatoms. The van der Waals surface area contributed by atoms with Gasteiger partial charge < -0.3 is 5.11 Å². The second-order valence-corrected chi connectivity index (χ2v) is 9.68. The van der Waals surface area contributed by atoms with Crippen LogP contribution in [0.15, 0.2) is 62.5 Å². The summed E-state index contributed by atoms with van der Waals surface area (Å²) in [6.07, 6.45) is -10.4. The quantitative estimate of drug-likeness (QED) is 0.223. The zero-order valence-electron chi connectivity index (χ0n) is 16.5. The molecule has 0 spiro atoms. The van der Waals surface area contributed by atoms with Crippen LogP contribution in [0.4, 0.5) is 37.7 Å². The second kappa shape index (κ2) is 8.43. The largest absolute Gasteiger partial charge is 0.505 e. The van der Waals surface area contributed by atoms with Gasteiger partial charge >= 0.3 is 12.4 Å². The van der Waals surface area contributed by atoms with Gasteiger partial charge in [-0.1, -0.05) is 0 Å². The average molecular weight is 544 g/mol. The van der Waals surface area contributed by atoms with Crippen LogP contribution in [0, 0.1) is 0 Å². The Kier molecular flexibility index (Phi) is 6.34. The van der Waals surface area contributed by atoms with E-state index in [2.05, 4.69) is 10.2 Å². The fourth-order valence-corrected chi connectivity index (χ4v) is 4.06. The van der Waals surface area contributed by atoms with E-state index >= 15 is 0 Å². The normalized spacial score (nSPS) is 13.6. The molecule has 0 aliphatic rings. The Hall–Kier alpha value is -3.28. The van der Waals surface area contributed by atoms with Gasteiger partial charge in [0.25, 0.3) is 20.2 Å². The van der Waals surface area contributed by atoms with Crippen molar-refractivity contribution in [1.82, 2.24) is 0 Å². The van der Waals surface area contributed by atoms with Crippen molar-refractivity contribution in [3.05, 3.63) is 53.6 Å². The lowest BCUT2D eigenvalue weighted by atomic mass is 10.1. The molecule has 0 aromatic heterocycles. The lowest BCUT2D eigenvalue weighted by Gasteiger charge is -2.12. The molecule has 0 atom stereocenters. The van der Waals surface area contributed by atoms with Crippen LogP contribution in [-0.4, -0.2) is 31.0 Å². The predicted molar refractivity (Wildman–Crippen MR) is 106 cm³/mol. The summed E-state index contributed by atoms with van der Waals surface area (Å²) in [5.41, 5.74) is -5.56. The highest BCUT2D eigenvalue weighted by atomic mass is 32.2. The molecule has 3 N–H and O–H groups in total. The molecule has 35 heavy (non-hydrogen) atoms. The maximum Gasteiger partial charge on any atom is 0.416 e. The Morgan fingerprint density at radius 2 is 1.26 bits per heavy atom. The van der Waals surface area contributed by atoms with E-state index in [1.807, 2.05) is 0 Å². The fraction of sp³-hybridized carbons (Fsp3) is 0.111. The van der Waals surface area contributed by atoms with Gasteiger partial charge in [-0.25, -0.2) is 0 Å². The zero-order valence-corrected chi connectivity index (χ0v) is 18.1. The van der Waals surface area contributed by atoms with Crippen LogP contribution in [0.3, 0.4) is 0 Å². The van der Waals surface area contributed by atoms with Crippen molar-refractivity contribution >= 4 is 42.4 Å². The molecule has 0 heterocycles. The molecule has 3 aromatic rings. The van der Waals surface area contributed by atoms with E-state index in [0.29, 0.717) is 6.07 Å². The minimum absolute atomic E-state index is 0.178. The van der Waals surface area contributed by atoms with Crippen molar-refractivity contribution in [3.8, 4) is 5.75 Å². The summed E-state index contributed by atoms with van der Waals surface area (Å²) in [4.78, 5) is -1.93. The van der Waals surface area contributed by atoms with Crippen molar-refractivity contribution in [2.45, 2.75) is 22.1 Å². The van der Waals surface area contributed by atoms with Crippen molar-refractivity contribution in [2.24, 2.45) is 10.2 Å². The van der Waals surface area contributed by atoms with Gasteiger partial charge in [-0.3, -0.25) is 9.11 Å². The summed E-state index contributed by atoms with van der Waals surface area (Å²) in [6, 6.07) is 3.21. The van der Waals surface area contributed by atoms with Crippen molar-refractivity contribution in [2.75, 3.05) is 0 Å². The predicted octanol–water partition coefficient (Wildman–Crippen LogP) is 5.49. The SMILES string of the molecule is O=S(=O)(O)c1ccc2c(O)c(N=Nc3cc(C(F)(F)F)cc(C(F)(F)F)c3)c(S(=O)(=O)O)cc2c1. The van der Waals surface area contributed by atoms with Gasteiger partial charge in [-0.2, -0.15) is 48.3 Å². The number of aromatic hydroxyl groups is 1. The first-order chi connectivity index (χ1) is 15.8. The molecule has 9 nitrogen and oxygen atoms in total. The van der Waals surface area contributed by atoms with Gasteiger partial charge in [0.1, 0.15) is 10.6 Å². The van der Waals surface area contributed by atoms with Crippen LogP contribution >= 0.6 is 0 Å². The van der Waals surface area contributed by atoms with E-state index in [1.165, 1.54) is 0 Å². The number of nitrogens with zero attached hydrogens (tertiary/aromatic N) is 2. The number of phenols is 1. The Morgan fingerprint density at radius 3 is 1.71 bits per heavy atom. The Bertz CT molecular complexity index is 1550. The van der Waals surface area contributed by atoms with E-state index in [9.17, 15) is 52.8 Å². The van der Waals surface area contributed by atoms with Crippen LogP contribution in [-0.2, 0) is 32.6 Å². The monoisotopic (exact) mass is 544 g/mol. The third kappa shape index (κ3) is 5.69. The number of fused-ring (bicyclic) bond motifs is 1. The Labute approximate surface area is 191 Å². The minimum atomic E-state index is -5.25. The Morgan fingerprint density at radius 1 is 0.714 bits per heavy atom. The first kappa shape index (κ1) is 26.3. The number of halogens is 6. The van der Waals surface area contributed by atoms with E-state index in [4.69, 9.17) is 4.55 Å². The molecule has 0 bridgehead atoms. The van der Waals surface area contributed by atoms with Gasteiger partial charge in [-0.15, -0.1) is 5.11 Å². The molecule has 3 rings (SSSR count). The van der Waals surface area contributed by atoms with Crippen LogP contribution in [0.25, 0.3) is 10.8 Å². The van der Waals surface area contributed by atoms with Gasteiger partial charge in [-0.05, 0) is 47.9 Å². The average Bonchev–Trinajstić information content (AvgIpc) is 2.69. The van der Waals surface area contributed by atoms with E-state index in [1.54, 1.807) is 0 Å². The lowest BCUT2D eigenvalue weighted by molar-refractivity contribution is -0.143. The van der Waals surface area contributed by atoms with Gasteiger partial charge in [0.15, 0.2) is 5.75 Å². The number of hydrogen-bond acceptors (Lipinski definition) is 7. The molecule has 0 amide bonds. The molecule has 188 valence electrons. The summed E-state index contributed by atoms with van der Waals surface area (Å²) >= 11 is 0.